The van der Waals surface area contributed by atoms with E-state index in [4.69, 9.17) is 9.47 Å². The minimum Gasteiger partial charge on any atom is -0.394 e. The summed E-state index contributed by atoms with van der Waals surface area (Å²) in [5, 5.41) is 63.1. The lowest BCUT2D eigenvalue weighted by Gasteiger charge is -2.62. The number of aliphatic hydroxyl groups excluding tert-OH is 5. The average Bonchev–Trinajstić information content (AvgIpc) is 3.09. The van der Waals surface area contributed by atoms with Crippen LogP contribution < -0.4 is 0 Å². The first kappa shape index (κ1) is 28.9. The second-order valence-corrected chi connectivity index (χ2v) is 12.6. The number of carbonyl (C=O) groups excluding carboxylic acids is 2. The predicted molar refractivity (Wildman–Crippen MR) is 133 cm³/mol. The Kier molecular flexibility index (Phi) is 7.04. The number of halogens is 1. The number of ether oxygens (including phenoxy) is 2. The van der Waals surface area contributed by atoms with E-state index in [9.17, 15) is 40.2 Å². The van der Waals surface area contributed by atoms with Crippen molar-refractivity contribution in [2.24, 2.45) is 28.6 Å². The number of Topliss-reactive ketones (excluding diaryl/α,β-unsaturated/α-hetero) is 1. The Labute approximate surface area is 226 Å². The number of allylic oxidation sites excluding steroid dienone is 4. The maximum atomic E-state index is 17.3. The van der Waals surface area contributed by atoms with Crippen molar-refractivity contribution < 1.29 is 54.1 Å². The largest absolute Gasteiger partial charge is 0.394 e. The van der Waals surface area contributed by atoms with Crippen LogP contribution in [0.15, 0.2) is 23.8 Å². The fraction of sp³-hybridized carbons (Fsp3) is 0.786. The molecule has 0 spiro atoms. The van der Waals surface area contributed by atoms with Gasteiger partial charge < -0.3 is 40.1 Å². The highest BCUT2D eigenvalue weighted by atomic mass is 19.1. The summed E-state index contributed by atoms with van der Waals surface area (Å²) in [4.78, 5) is 25.7. The van der Waals surface area contributed by atoms with Crippen LogP contribution in [0, 0.1) is 28.6 Å². The molecule has 3 saturated carbocycles. The molecule has 4 fully saturated rings. The molecule has 0 bridgehead atoms. The molecule has 5 rings (SSSR count). The molecule has 11 heteroatoms. The Bertz CT molecular complexity index is 1090. The van der Waals surface area contributed by atoms with E-state index < -0.39 is 95.7 Å². The number of carbonyl (C=O) groups is 2. The zero-order valence-electron chi connectivity index (χ0n) is 22.4. The number of fused-ring (bicyclic) bond motifs is 5. The quantitative estimate of drug-likeness (QED) is 0.265. The minimum atomic E-state index is -2.10. The lowest BCUT2D eigenvalue weighted by atomic mass is 9.44. The summed E-state index contributed by atoms with van der Waals surface area (Å²) < 4.78 is 28.0. The third-order valence-electron chi connectivity index (χ3n) is 10.9. The highest BCUT2D eigenvalue weighted by Crippen LogP contribution is 2.70. The van der Waals surface area contributed by atoms with Crippen molar-refractivity contribution in [3.8, 4) is 0 Å². The zero-order valence-corrected chi connectivity index (χ0v) is 22.4. The number of alkyl halides is 1. The third kappa shape index (κ3) is 3.74. The molecule has 1 saturated heterocycles. The van der Waals surface area contributed by atoms with Gasteiger partial charge in [0.2, 0.25) is 0 Å². The molecule has 218 valence electrons. The predicted octanol–water partition coefficient (Wildman–Crippen LogP) is -0.280. The number of rotatable bonds is 5. The Morgan fingerprint density at radius 1 is 1.15 bits per heavy atom. The van der Waals surface area contributed by atoms with Gasteiger partial charge >= 0.3 is 0 Å². The summed E-state index contributed by atoms with van der Waals surface area (Å²) in [5.41, 5.74) is -5.84. The average molecular weight is 555 g/mol. The number of hydrogen-bond acceptors (Lipinski definition) is 10. The summed E-state index contributed by atoms with van der Waals surface area (Å²) in [5.74, 6) is -2.69. The van der Waals surface area contributed by atoms with Gasteiger partial charge in [-0.25, -0.2) is 4.39 Å². The topological polar surface area (TPSA) is 174 Å². The van der Waals surface area contributed by atoms with Gasteiger partial charge in [-0.15, -0.1) is 0 Å². The van der Waals surface area contributed by atoms with Gasteiger partial charge in [-0.05, 0) is 56.6 Å². The van der Waals surface area contributed by atoms with Crippen LogP contribution in [0.3, 0.4) is 0 Å². The molecule has 1 heterocycles. The van der Waals surface area contributed by atoms with Crippen LogP contribution in [-0.2, 0) is 19.1 Å². The van der Waals surface area contributed by atoms with Crippen molar-refractivity contribution in [2.75, 3.05) is 13.2 Å². The van der Waals surface area contributed by atoms with Gasteiger partial charge in [-0.3, -0.25) is 9.59 Å². The molecule has 6 unspecified atom stereocenters. The molecule has 6 N–H and O–H groups in total. The van der Waals surface area contributed by atoms with Crippen LogP contribution in [0.1, 0.15) is 46.5 Å². The SMILES string of the molecule is CC1CC2C3CCC4=CC(=O)C=CC4(C)[C@@]3(F)C(O)CC2(C)[C@@]1(O)C(=O)CO[C@@H]1O[C@H](CO)[C@@H](O)[C@H](O)[C@H]1O. The molecular weight excluding hydrogens is 515 g/mol. The van der Waals surface area contributed by atoms with Gasteiger partial charge in [0.05, 0.1) is 12.7 Å². The summed E-state index contributed by atoms with van der Waals surface area (Å²) in [6, 6.07) is 0. The second-order valence-electron chi connectivity index (χ2n) is 12.6. The molecule has 0 amide bonds. The number of aliphatic hydroxyl groups is 6. The van der Waals surface area contributed by atoms with E-state index in [1.165, 1.54) is 12.2 Å². The van der Waals surface area contributed by atoms with Gasteiger partial charge in [0, 0.05) is 16.7 Å². The highest BCUT2D eigenvalue weighted by molar-refractivity contribution is 6.01. The molecule has 5 aliphatic rings. The zero-order chi connectivity index (χ0) is 28.7. The van der Waals surface area contributed by atoms with Gasteiger partial charge in [-0.2, -0.15) is 0 Å². The first-order valence-corrected chi connectivity index (χ1v) is 13.7. The van der Waals surface area contributed by atoms with Crippen molar-refractivity contribution in [2.45, 2.75) is 94.5 Å². The second kappa shape index (κ2) is 9.49. The normalized spacial score (nSPS) is 53.0. The molecule has 0 radical (unpaired) electrons. The van der Waals surface area contributed by atoms with Crippen molar-refractivity contribution in [1.82, 2.24) is 0 Å². The molecule has 0 aromatic heterocycles. The molecule has 10 nitrogen and oxygen atoms in total. The van der Waals surface area contributed by atoms with E-state index in [2.05, 4.69) is 0 Å². The van der Waals surface area contributed by atoms with E-state index in [1.54, 1.807) is 26.8 Å². The van der Waals surface area contributed by atoms with Crippen LogP contribution in [0.2, 0.25) is 0 Å². The van der Waals surface area contributed by atoms with Crippen LogP contribution in [-0.4, -0.2) is 103 Å². The summed E-state index contributed by atoms with van der Waals surface area (Å²) in [6.45, 7) is 3.72. The van der Waals surface area contributed by atoms with Gasteiger partial charge in [0.15, 0.2) is 23.5 Å². The summed E-state index contributed by atoms with van der Waals surface area (Å²) in [7, 11) is 0. The summed E-state index contributed by atoms with van der Waals surface area (Å²) >= 11 is 0. The van der Waals surface area contributed by atoms with E-state index >= 15 is 4.39 Å². The smallest absolute Gasteiger partial charge is 0.190 e. The van der Waals surface area contributed by atoms with E-state index in [-0.39, 0.29) is 12.2 Å². The van der Waals surface area contributed by atoms with Gasteiger partial charge in [-0.1, -0.05) is 25.5 Å². The Hall–Kier alpha value is -1.57. The summed E-state index contributed by atoms with van der Waals surface area (Å²) in [6.07, 6.45) is -3.99. The van der Waals surface area contributed by atoms with Gasteiger partial charge in [0.1, 0.15) is 36.6 Å². The lowest BCUT2D eigenvalue weighted by molar-refractivity contribution is -0.300. The fourth-order valence-corrected chi connectivity index (χ4v) is 8.61. The van der Waals surface area contributed by atoms with Crippen LogP contribution in [0.25, 0.3) is 0 Å². The minimum absolute atomic E-state index is 0.193. The molecule has 39 heavy (non-hydrogen) atoms. The van der Waals surface area contributed by atoms with Crippen molar-refractivity contribution in [3.05, 3.63) is 23.8 Å². The number of ketones is 2. The Balaban J connectivity index is 1.40. The third-order valence-corrected chi connectivity index (χ3v) is 10.9. The van der Waals surface area contributed by atoms with E-state index in [0.717, 1.165) is 0 Å². The molecule has 0 aromatic rings. The van der Waals surface area contributed by atoms with E-state index in [0.29, 0.717) is 24.8 Å². The van der Waals surface area contributed by atoms with Crippen molar-refractivity contribution in [1.29, 1.82) is 0 Å². The fourth-order valence-electron chi connectivity index (χ4n) is 8.61. The van der Waals surface area contributed by atoms with Crippen LogP contribution >= 0.6 is 0 Å². The molecule has 0 aromatic carbocycles. The van der Waals surface area contributed by atoms with Gasteiger partial charge in [0.25, 0.3) is 0 Å². The molecular formula is C28H39FO10. The van der Waals surface area contributed by atoms with E-state index in [1.807, 2.05) is 0 Å². The van der Waals surface area contributed by atoms with Crippen molar-refractivity contribution in [3.63, 3.8) is 0 Å². The first-order valence-electron chi connectivity index (χ1n) is 13.7. The maximum absolute atomic E-state index is 17.3. The Morgan fingerprint density at radius 2 is 1.85 bits per heavy atom. The molecule has 4 aliphatic carbocycles. The highest BCUT2D eigenvalue weighted by Gasteiger charge is 2.75. The Morgan fingerprint density at radius 3 is 2.51 bits per heavy atom. The number of hydrogen-bond donors (Lipinski definition) is 6. The van der Waals surface area contributed by atoms with Crippen LogP contribution in [0.4, 0.5) is 4.39 Å². The van der Waals surface area contributed by atoms with Crippen LogP contribution in [0.5, 0.6) is 0 Å². The molecule has 1 aliphatic heterocycles. The standard InChI is InChI=1S/C28H39FO10/c1-13-8-17-16-5-4-14-9-15(31)6-7-25(14,2)27(16,29)19(32)10-26(17,3)28(13,37)20(33)12-38-24-23(36)22(35)21(34)18(11-30)39-24/h6-7,9,13,16-19,21-24,30,32,34-37H,4-5,8,10-12H2,1-3H3/t13?,16?,17?,18-,19?,21-,22+,23-,24-,25?,26?,27+,28+/m1/s1. The lowest BCUT2D eigenvalue weighted by Crippen LogP contribution is -2.69. The monoisotopic (exact) mass is 554 g/mol. The van der Waals surface area contributed by atoms with Crippen molar-refractivity contribution >= 4 is 11.6 Å². The maximum Gasteiger partial charge on any atom is 0.190 e. The molecule has 13 atom stereocenters. The first-order chi connectivity index (χ1) is 18.2.